The molecule has 1 N–H and O–H groups in total. The number of benzene rings is 1. The van der Waals surface area contributed by atoms with Crippen molar-refractivity contribution in [1.82, 2.24) is 4.90 Å². The van der Waals surface area contributed by atoms with Crippen LogP contribution in [0.25, 0.3) is 0 Å². The van der Waals surface area contributed by atoms with E-state index in [1.807, 2.05) is 0 Å². The highest BCUT2D eigenvalue weighted by Crippen LogP contribution is 2.31. The second kappa shape index (κ2) is 7.03. The molecule has 0 bridgehead atoms. The molecule has 2 heterocycles. The van der Waals surface area contributed by atoms with E-state index in [0.717, 1.165) is 25.0 Å². The lowest BCUT2D eigenvalue weighted by Gasteiger charge is -2.31. The zero-order valence-corrected chi connectivity index (χ0v) is 13.5. The van der Waals surface area contributed by atoms with Crippen molar-refractivity contribution < 1.29 is 27.5 Å². The van der Waals surface area contributed by atoms with Gasteiger partial charge in [0.15, 0.2) is 0 Å². The monoisotopic (exact) mass is 356 g/mol. The van der Waals surface area contributed by atoms with Crippen molar-refractivity contribution in [3.63, 3.8) is 0 Å². The molecule has 0 aromatic heterocycles. The molecule has 2 saturated heterocycles. The van der Waals surface area contributed by atoms with Crippen LogP contribution in [0.1, 0.15) is 24.8 Å². The summed E-state index contributed by atoms with van der Waals surface area (Å²) in [5.74, 6) is -1.07. The van der Waals surface area contributed by atoms with Crippen LogP contribution in [-0.2, 0) is 20.5 Å². The van der Waals surface area contributed by atoms with E-state index in [1.165, 1.54) is 12.1 Å². The highest BCUT2D eigenvalue weighted by atomic mass is 19.4. The molecule has 0 spiro atoms. The van der Waals surface area contributed by atoms with Gasteiger partial charge in [0, 0.05) is 37.9 Å². The van der Waals surface area contributed by atoms with Crippen LogP contribution in [0.15, 0.2) is 24.3 Å². The minimum Gasteiger partial charge on any atom is -0.381 e. The maximum absolute atomic E-state index is 12.7. The van der Waals surface area contributed by atoms with Crippen LogP contribution in [-0.4, -0.2) is 42.5 Å². The van der Waals surface area contributed by atoms with Gasteiger partial charge in [0.2, 0.25) is 11.8 Å². The van der Waals surface area contributed by atoms with Crippen molar-refractivity contribution >= 4 is 17.5 Å². The summed E-state index contributed by atoms with van der Waals surface area (Å²) in [4.78, 5) is 26.2. The molecule has 1 aromatic carbocycles. The number of carbonyl (C=O) groups is 2. The second-order valence-corrected chi connectivity index (χ2v) is 6.36. The first-order chi connectivity index (χ1) is 11.8. The Balaban J connectivity index is 1.63. The van der Waals surface area contributed by atoms with Gasteiger partial charge in [-0.1, -0.05) is 6.07 Å². The van der Waals surface area contributed by atoms with E-state index in [2.05, 4.69) is 5.32 Å². The number of hydrogen-bond donors (Lipinski definition) is 1. The number of nitrogens with one attached hydrogen (secondary N) is 1. The predicted molar refractivity (Wildman–Crippen MR) is 83.7 cm³/mol. The Hall–Kier alpha value is -2.09. The van der Waals surface area contributed by atoms with E-state index in [4.69, 9.17) is 4.74 Å². The van der Waals surface area contributed by atoms with Gasteiger partial charge in [0.25, 0.3) is 0 Å². The molecular formula is C17H19F3N2O3. The van der Waals surface area contributed by atoms with Crippen LogP contribution in [0.4, 0.5) is 18.9 Å². The molecule has 2 aliphatic rings. The molecule has 5 nitrogen and oxygen atoms in total. The summed E-state index contributed by atoms with van der Waals surface area (Å²) in [6.07, 6.45) is -2.90. The summed E-state index contributed by atoms with van der Waals surface area (Å²) in [7, 11) is 0. The summed E-state index contributed by atoms with van der Waals surface area (Å²) in [6, 6.07) is 4.56. The van der Waals surface area contributed by atoms with Crippen molar-refractivity contribution in [3.05, 3.63) is 29.8 Å². The van der Waals surface area contributed by atoms with Crippen LogP contribution in [0.3, 0.4) is 0 Å². The van der Waals surface area contributed by atoms with Gasteiger partial charge in [-0.05, 0) is 31.0 Å². The number of nitrogens with zero attached hydrogens (tertiary/aromatic N) is 1. The molecule has 2 amide bonds. The number of alkyl halides is 3. The fraction of sp³-hybridized carbons (Fsp3) is 0.529. The zero-order valence-electron chi connectivity index (χ0n) is 13.5. The molecule has 25 heavy (non-hydrogen) atoms. The van der Waals surface area contributed by atoms with E-state index >= 15 is 0 Å². The molecular weight excluding hydrogens is 337 g/mol. The highest BCUT2D eigenvalue weighted by Gasteiger charge is 2.38. The summed E-state index contributed by atoms with van der Waals surface area (Å²) in [5, 5.41) is 2.50. The lowest BCUT2D eigenvalue weighted by atomic mass is 10.1. The van der Waals surface area contributed by atoms with Crippen molar-refractivity contribution in [1.29, 1.82) is 0 Å². The van der Waals surface area contributed by atoms with Gasteiger partial charge < -0.3 is 15.0 Å². The van der Waals surface area contributed by atoms with Gasteiger partial charge in [-0.2, -0.15) is 13.2 Å². The first kappa shape index (κ1) is 17.7. The normalized spacial score (nSPS) is 22.3. The number of likely N-dealkylation sites (tertiary alicyclic amines) is 1. The van der Waals surface area contributed by atoms with E-state index in [9.17, 15) is 22.8 Å². The van der Waals surface area contributed by atoms with Gasteiger partial charge >= 0.3 is 6.18 Å². The summed E-state index contributed by atoms with van der Waals surface area (Å²) >= 11 is 0. The van der Waals surface area contributed by atoms with Crippen LogP contribution in [0.5, 0.6) is 0 Å². The fourth-order valence-electron chi connectivity index (χ4n) is 3.27. The maximum atomic E-state index is 12.7. The minimum absolute atomic E-state index is 0.0765. The first-order valence-electron chi connectivity index (χ1n) is 8.20. The van der Waals surface area contributed by atoms with E-state index in [-0.39, 0.29) is 24.1 Å². The smallest absolute Gasteiger partial charge is 0.381 e. The minimum atomic E-state index is -4.47. The molecule has 0 radical (unpaired) electrons. The molecule has 1 atom stereocenters. The number of carbonyl (C=O) groups excluding carboxylic acids is 2. The standard InChI is InChI=1S/C17H19F3N2O3/c18-17(19,20)12-2-1-3-13(9-12)21-16(24)11-8-15(23)22(10-11)14-4-6-25-7-5-14/h1-3,9,11,14H,4-8,10H2,(H,21,24). The fourth-order valence-corrected chi connectivity index (χ4v) is 3.27. The maximum Gasteiger partial charge on any atom is 0.416 e. The third-order valence-electron chi connectivity index (χ3n) is 4.62. The van der Waals surface area contributed by atoms with Gasteiger partial charge in [0.1, 0.15) is 0 Å². The van der Waals surface area contributed by atoms with E-state index in [0.29, 0.717) is 19.8 Å². The SMILES string of the molecule is O=C(Nc1cccc(C(F)(F)F)c1)C1CC(=O)N(C2CCOCC2)C1. The predicted octanol–water partition coefficient (Wildman–Crippen LogP) is 2.67. The molecule has 0 saturated carbocycles. The molecule has 1 aromatic rings. The molecule has 0 aliphatic carbocycles. The molecule has 2 aliphatic heterocycles. The summed E-state index contributed by atoms with van der Waals surface area (Å²) in [5.41, 5.74) is -0.742. The Labute approximate surface area is 143 Å². The number of ether oxygens (including phenoxy) is 1. The topological polar surface area (TPSA) is 58.6 Å². The first-order valence-corrected chi connectivity index (χ1v) is 8.20. The Bertz CT molecular complexity index is 657. The largest absolute Gasteiger partial charge is 0.416 e. The van der Waals surface area contributed by atoms with E-state index < -0.39 is 23.6 Å². The molecule has 2 fully saturated rings. The van der Waals surface area contributed by atoms with Crippen molar-refractivity contribution in [2.45, 2.75) is 31.5 Å². The quantitative estimate of drug-likeness (QED) is 0.906. The van der Waals surface area contributed by atoms with Gasteiger partial charge in [-0.25, -0.2) is 0 Å². The van der Waals surface area contributed by atoms with Crippen LogP contribution in [0.2, 0.25) is 0 Å². The molecule has 136 valence electrons. The van der Waals surface area contributed by atoms with Gasteiger partial charge in [-0.15, -0.1) is 0 Å². The lowest BCUT2D eigenvalue weighted by molar-refractivity contribution is -0.137. The van der Waals surface area contributed by atoms with Gasteiger partial charge in [-0.3, -0.25) is 9.59 Å². The van der Waals surface area contributed by atoms with Crippen molar-refractivity contribution in [2.75, 3.05) is 25.1 Å². The Morgan fingerprint density at radius 3 is 2.64 bits per heavy atom. The number of anilines is 1. The van der Waals surface area contributed by atoms with Crippen LogP contribution < -0.4 is 5.32 Å². The zero-order chi connectivity index (χ0) is 18.0. The van der Waals surface area contributed by atoms with E-state index in [1.54, 1.807) is 4.90 Å². The number of amides is 2. The molecule has 8 heteroatoms. The average molecular weight is 356 g/mol. The van der Waals surface area contributed by atoms with Crippen LogP contribution >= 0.6 is 0 Å². The Morgan fingerprint density at radius 1 is 1.24 bits per heavy atom. The van der Waals surface area contributed by atoms with Crippen molar-refractivity contribution in [3.8, 4) is 0 Å². The Kier molecular flexibility index (Phi) is 4.99. The third kappa shape index (κ3) is 4.12. The van der Waals surface area contributed by atoms with Gasteiger partial charge in [0.05, 0.1) is 11.5 Å². The van der Waals surface area contributed by atoms with Crippen LogP contribution in [0, 0.1) is 5.92 Å². The lowest BCUT2D eigenvalue weighted by Crippen LogP contribution is -2.41. The summed E-state index contributed by atoms with van der Waals surface area (Å²) in [6.45, 7) is 1.49. The number of halogens is 3. The molecule has 3 rings (SSSR count). The van der Waals surface area contributed by atoms with Crippen molar-refractivity contribution in [2.24, 2.45) is 5.92 Å². The number of hydrogen-bond acceptors (Lipinski definition) is 3. The number of rotatable bonds is 3. The Morgan fingerprint density at radius 2 is 1.96 bits per heavy atom. The second-order valence-electron chi connectivity index (χ2n) is 6.36. The third-order valence-corrected chi connectivity index (χ3v) is 4.62. The summed E-state index contributed by atoms with van der Waals surface area (Å²) < 4.78 is 43.5. The highest BCUT2D eigenvalue weighted by molar-refractivity contribution is 5.97. The average Bonchev–Trinajstić information content (AvgIpc) is 2.97. The molecule has 1 unspecified atom stereocenters.